The van der Waals surface area contributed by atoms with Gasteiger partial charge < -0.3 is 5.32 Å². The third-order valence-electron chi connectivity index (χ3n) is 4.60. The maximum atomic E-state index is 12.5. The Labute approximate surface area is 151 Å². The lowest BCUT2D eigenvalue weighted by molar-refractivity contribution is 0.102. The van der Waals surface area contributed by atoms with Crippen LogP contribution in [0.25, 0.3) is 0 Å². The van der Waals surface area contributed by atoms with E-state index in [1.54, 1.807) is 0 Å². The molecule has 1 aromatic heterocycles. The van der Waals surface area contributed by atoms with Crippen molar-refractivity contribution in [3.8, 4) is 0 Å². The van der Waals surface area contributed by atoms with E-state index in [0.29, 0.717) is 11.7 Å². The Morgan fingerprint density at radius 1 is 1.33 bits per heavy atom. The van der Waals surface area contributed by atoms with Crippen molar-refractivity contribution >= 4 is 27.5 Å². The molecule has 4 nitrogen and oxygen atoms in total. The molecule has 0 saturated carbocycles. The van der Waals surface area contributed by atoms with Gasteiger partial charge in [-0.2, -0.15) is 0 Å². The van der Waals surface area contributed by atoms with Crippen molar-refractivity contribution in [2.24, 2.45) is 0 Å². The monoisotopic (exact) mass is 387 g/mol. The van der Waals surface area contributed by atoms with Crippen molar-refractivity contribution < 1.29 is 4.79 Å². The molecular formula is C19H22BrN3O. The van der Waals surface area contributed by atoms with Crippen LogP contribution in [0, 0.1) is 6.92 Å². The van der Waals surface area contributed by atoms with Crippen LogP contribution in [-0.4, -0.2) is 28.4 Å². The number of benzene rings is 1. The molecule has 1 aliphatic heterocycles. The van der Waals surface area contributed by atoms with Crippen molar-refractivity contribution in [3.05, 3.63) is 57.3 Å². The zero-order chi connectivity index (χ0) is 17.3. The molecule has 0 saturated heterocycles. The molecule has 0 unspecified atom stereocenters. The minimum atomic E-state index is -0.162. The lowest BCUT2D eigenvalue weighted by Gasteiger charge is -2.31. The molecule has 0 fully saturated rings. The molecule has 1 amide bonds. The summed E-state index contributed by atoms with van der Waals surface area (Å²) in [5.41, 5.74) is 4.76. The van der Waals surface area contributed by atoms with Gasteiger partial charge in [0.15, 0.2) is 0 Å². The summed E-state index contributed by atoms with van der Waals surface area (Å²) in [6.07, 6.45) is 2.82. The summed E-state index contributed by atoms with van der Waals surface area (Å²) in [6.45, 7) is 8.33. The number of rotatable bonds is 3. The summed E-state index contributed by atoms with van der Waals surface area (Å²) >= 11 is 3.49. The number of carbonyl (C=O) groups excluding carboxylic acids is 1. The number of aromatic nitrogens is 1. The van der Waals surface area contributed by atoms with Gasteiger partial charge in [-0.05, 0) is 62.1 Å². The normalized spacial score (nSPS) is 14.5. The topological polar surface area (TPSA) is 45.2 Å². The summed E-state index contributed by atoms with van der Waals surface area (Å²) in [5.74, 6) is -0.162. The molecule has 5 heteroatoms. The number of carbonyl (C=O) groups is 1. The highest BCUT2D eigenvalue weighted by Gasteiger charge is 2.20. The minimum absolute atomic E-state index is 0.162. The van der Waals surface area contributed by atoms with E-state index < -0.39 is 0 Å². The van der Waals surface area contributed by atoms with Crippen LogP contribution in [0.4, 0.5) is 5.69 Å². The van der Waals surface area contributed by atoms with Crippen LogP contribution in [-0.2, 0) is 13.0 Å². The zero-order valence-corrected chi connectivity index (χ0v) is 15.9. The average Bonchev–Trinajstić information content (AvgIpc) is 2.57. The first-order valence-electron chi connectivity index (χ1n) is 8.24. The van der Waals surface area contributed by atoms with E-state index in [-0.39, 0.29) is 5.91 Å². The lowest BCUT2D eigenvalue weighted by Crippen LogP contribution is -2.36. The fraction of sp³-hybridized carbons (Fsp3) is 0.368. The van der Waals surface area contributed by atoms with E-state index in [1.165, 1.54) is 11.1 Å². The number of anilines is 1. The zero-order valence-electron chi connectivity index (χ0n) is 14.3. The second-order valence-electron chi connectivity index (χ2n) is 6.52. The van der Waals surface area contributed by atoms with E-state index in [4.69, 9.17) is 0 Å². The SMILES string of the molecule is Cc1c(Br)cccc1NC(=O)c1cc2c(cn1)CN(C(C)C)CC2. The summed E-state index contributed by atoms with van der Waals surface area (Å²) in [5, 5.41) is 2.96. The standard InChI is InChI=1S/C19H22BrN3O/c1-12(2)23-8-7-14-9-18(21-10-15(14)11-23)19(24)22-17-6-4-5-16(20)13(17)3/h4-6,9-10,12H,7-8,11H2,1-3H3,(H,22,24). The molecule has 1 aliphatic rings. The fourth-order valence-corrected chi connectivity index (χ4v) is 3.32. The van der Waals surface area contributed by atoms with Gasteiger partial charge in [0.05, 0.1) is 0 Å². The Morgan fingerprint density at radius 2 is 2.12 bits per heavy atom. The number of halogens is 1. The van der Waals surface area contributed by atoms with Crippen molar-refractivity contribution in [1.82, 2.24) is 9.88 Å². The lowest BCUT2D eigenvalue weighted by atomic mass is 10.00. The molecule has 1 aromatic carbocycles. The van der Waals surface area contributed by atoms with Gasteiger partial charge in [0, 0.05) is 35.5 Å². The van der Waals surface area contributed by atoms with Crippen LogP contribution >= 0.6 is 15.9 Å². The van der Waals surface area contributed by atoms with E-state index in [0.717, 1.165) is 35.2 Å². The maximum Gasteiger partial charge on any atom is 0.274 e. The Morgan fingerprint density at radius 3 is 2.88 bits per heavy atom. The summed E-state index contributed by atoms with van der Waals surface area (Å²) in [4.78, 5) is 19.3. The number of pyridine rings is 1. The first-order chi connectivity index (χ1) is 11.5. The first kappa shape index (κ1) is 17.1. The van der Waals surface area contributed by atoms with Crippen molar-refractivity contribution in [3.63, 3.8) is 0 Å². The second-order valence-corrected chi connectivity index (χ2v) is 7.37. The van der Waals surface area contributed by atoms with Crippen LogP contribution in [0.15, 0.2) is 34.9 Å². The van der Waals surface area contributed by atoms with Gasteiger partial charge in [0.25, 0.3) is 5.91 Å². The molecule has 0 radical (unpaired) electrons. The Bertz CT molecular complexity index is 773. The van der Waals surface area contributed by atoms with Gasteiger partial charge in [-0.3, -0.25) is 14.7 Å². The Hall–Kier alpha value is -1.72. The molecule has 2 heterocycles. The molecule has 0 bridgehead atoms. The number of hydrogen-bond donors (Lipinski definition) is 1. The smallest absolute Gasteiger partial charge is 0.274 e. The van der Waals surface area contributed by atoms with Gasteiger partial charge >= 0.3 is 0 Å². The van der Waals surface area contributed by atoms with E-state index in [1.807, 2.05) is 37.4 Å². The van der Waals surface area contributed by atoms with Gasteiger partial charge in [-0.25, -0.2) is 0 Å². The maximum absolute atomic E-state index is 12.5. The Kier molecular flexibility index (Phi) is 5.01. The molecule has 1 N–H and O–H groups in total. The predicted molar refractivity (Wildman–Crippen MR) is 100 cm³/mol. The molecular weight excluding hydrogens is 366 g/mol. The fourth-order valence-electron chi connectivity index (χ4n) is 2.96. The number of fused-ring (bicyclic) bond motifs is 1. The average molecular weight is 388 g/mol. The van der Waals surface area contributed by atoms with Gasteiger partial charge in [-0.1, -0.05) is 22.0 Å². The third-order valence-corrected chi connectivity index (χ3v) is 5.46. The summed E-state index contributed by atoms with van der Waals surface area (Å²) < 4.78 is 0.979. The first-order valence-corrected chi connectivity index (χ1v) is 9.03. The van der Waals surface area contributed by atoms with Crippen molar-refractivity contribution in [2.45, 2.75) is 39.8 Å². The highest BCUT2D eigenvalue weighted by atomic mass is 79.9. The highest BCUT2D eigenvalue weighted by Crippen LogP contribution is 2.25. The number of nitrogens with zero attached hydrogens (tertiary/aromatic N) is 2. The van der Waals surface area contributed by atoms with Crippen LogP contribution in [0.1, 0.15) is 41.0 Å². The van der Waals surface area contributed by atoms with Gasteiger partial charge in [0.2, 0.25) is 0 Å². The molecule has 2 aromatic rings. The quantitative estimate of drug-likeness (QED) is 0.859. The minimum Gasteiger partial charge on any atom is -0.320 e. The second kappa shape index (κ2) is 7.03. The molecule has 0 atom stereocenters. The third kappa shape index (κ3) is 3.52. The Balaban J connectivity index is 1.78. The highest BCUT2D eigenvalue weighted by molar-refractivity contribution is 9.10. The van der Waals surface area contributed by atoms with E-state index in [2.05, 4.69) is 45.0 Å². The molecule has 126 valence electrons. The number of hydrogen-bond acceptors (Lipinski definition) is 3. The number of nitrogens with one attached hydrogen (secondary N) is 1. The number of amides is 1. The molecule has 24 heavy (non-hydrogen) atoms. The van der Waals surface area contributed by atoms with Crippen LogP contribution < -0.4 is 5.32 Å². The molecule has 0 aliphatic carbocycles. The van der Waals surface area contributed by atoms with Crippen LogP contribution in [0.2, 0.25) is 0 Å². The van der Waals surface area contributed by atoms with Crippen LogP contribution in [0.3, 0.4) is 0 Å². The van der Waals surface area contributed by atoms with E-state index in [9.17, 15) is 4.79 Å². The molecule has 3 rings (SSSR count). The van der Waals surface area contributed by atoms with Gasteiger partial charge in [-0.15, -0.1) is 0 Å². The van der Waals surface area contributed by atoms with Crippen molar-refractivity contribution in [2.75, 3.05) is 11.9 Å². The van der Waals surface area contributed by atoms with Gasteiger partial charge in [0.1, 0.15) is 5.69 Å². The largest absolute Gasteiger partial charge is 0.320 e. The van der Waals surface area contributed by atoms with E-state index >= 15 is 0 Å². The predicted octanol–water partition coefficient (Wildman–Crippen LogP) is 4.17. The molecule has 0 spiro atoms. The van der Waals surface area contributed by atoms with Crippen molar-refractivity contribution in [1.29, 1.82) is 0 Å². The van der Waals surface area contributed by atoms with Crippen LogP contribution in [0.5, 0.6) is 0 Å². The summed E-state index contributed by atoms with van der Waals surface area (Å²) in [7, 11) is 0. The summed E-state index contributed by atoms with van der Waals surface area (Å²) in [6, 6.07) is 8.24.